The number of anilines is 2. The molecule has 111 heavy (non-hydrogen) atoms. The van der Waals surface area contributed by atoms with Crippen LogP contribution in [0.2, 0.25) is 0 Å². The highest BCUT2D eigenvalue weighted by molar-refractivity contribution is 5.69. The van der Waals surface area contributed by atoms with E-state index in [-0.39, 0.29) is 23.7 Å². The van der Waals surface area contributed by atoms with E-state index in [0.717, 1.165) is 89.5 Å². The molecular formula is C95H111N4O12+. The lowest BCUT2D eigenvalue weighted by atomic mass is 9.78. The zero-order chi connectivity index (χ0) is 76.5. The first kappa shape index (κ1) is 82.5. The van der Waals surface area contributed by atoms with E-state index in [4.69, 9.17) is 56.8 Å². The summed E-state index contributed by atoms with van der Waals surface area (Å²) in [6, 6.07) is 97.7. The predicted octanol–water partition coefficient (Wildman–Crippen LogP) is 15.8. The van der Waals surface area contributed by atoms with E-state index in [1.807, 2.05) is 0 Å². The van der Waals surface area contributed by atoms with Crippen molar-refractivity contribution < 1.29 is 61.4 Å². The quantitative estimate of drug-likeness (QED) is 0.0204. The fraction of sp³-hybridized carbons (Fsp3) is 0.337. The van der Waals surface area contributed by atoms with Crippen LogP contribution in [-0.4, -0.2) is 191 Å². The molecule has 0 bridgehead atoms. The molecule has 0 saturated heterocycles. The smallest absolute Gasteiger partial charge is 0.254 e. The second-order valence-electron chi connectivity index (χ2n) is 27.0. The van der Waals surface area contributed by atoms with Gasteiger partial charge in [-0.15, -0.1) is 0 Å². The second-order valence-corrected chi connectivity index (χ2v) is 27.0. The van der Waals surface area contributed by atoms with Crippen molar-refractivity contribution in [2.45, 2.75) is 23.7 Å². The Labute approximate surface area is 657 Å². The van der Waals surface area contributed by atoms with Gasteiger partial charge in [-0.2, -0.15) is 0 Å². The lowest BCUT2D eigenvalue weighted by molar-refractivity contribution is -0.595. The third-order valence-corrected chi connectivity index (χ3v) is 19.7. The highest BCUT2D eigenvalue weighted by Gasteiger charge is 2.36. The number of nitrogens with zero attached hydrogens (tertiary/aromatic N) is 4. The third kappa shape index (κ3) is 24.5. The molecule has 0 saturated carbocycles. The molecular weight excluding hydrogens is 1390 g/mol. The van der Waals surface area contributed by atoms with Gasteiger partial charge in [-0.3, -0.25) is 0 Å². The molecule has 0 unspecified atom stereocenters. The van der Waals surface area contributed by atoms with Gasteiger partial charge in [0.15, 0.2) is 0 Å². The first-order chi connectivity index (χ1) is 55.1. The molecule has 0 fully saturated rings. The average Bonchev–Trinajstić information content (AvgIpc) is 1.73. The van der Waals surface area contributed by atoms with Crippen LogP contribution < -0.4 is 14.4 Å². The molecule has 0 atom stereocenters. The summed E-state index contributed by atoms with van der Waals surface area (Å²) in [5.74, 6) is -1.10. The Morgan fingerprint density at radius 1 is 0.261 bits per heavy atom. The topological polar surface area (TPSA) is 126 Å². The average molecular weight is 1500 g/mol. The number of rotatable bonds is 52. The molecule has 0 spiro atoms. The number of ether oxygens (including phenoxy) is 12. The molecule has 11 rings (SSSR count). The van der Waals surface area contributed by atoms with Gasteiger partial charge < -0.3 is 66.6 Å². The van der Waals surface area contributed by atoms with E-state index < -0.39 is 0 Å². The summed E-state index contributed by atoms with van der Waals surface area (Å²) in [6.07, 6.45) is 6.91. The van der Waals surface area contributed by atoms with Gasteiger partial charge in [0.2, 0.25) is 0 Å². The monoisotopic (exact) mass is 1500 g/mol. The summed E-state index contributed by atoms with van der Waals surface area (Å²) in [5.41, 5.74) is 17.8. The fourth-order valence-electron chi connectivity index (χ4n) is 14.5. The molecule has 10 aromatic carbocycles. The molecule has 0 amide bonds. The van der Waals surface area contributed by atoms with E-state index >= 15 is 0 Å². The summed E-state index contributed by atoms with van der Waals surface area (Å²) >= 11 is 0. The van der Waals surface area contributed by atoms with Crippen LogP contribution in [0.25, 0.3) is 11.4 Å². The molecule has 582 valence electrons. The van der Waals surface area contributed by atoms with E-state index in [2.05, 4.69) is 305 Å². The van der Waals surface area contributed by atoms with Crippen molar-refractivity contribution in [2.75, 3.05) is 197 Å². The Kier molecular flexibility index (Phi) is 34.9. The minimum Gasteiger partial charge on any atom is -0.382 e. The number of hydrogen-bond donors (Lipinski definition) is 0. The van der Waals surface area contributed by atoms with Gasteiger partial charge >= 0.3 is 0 Å². The second kappa shape index (κ2) is 47.0. The number of aromatic nitrogens is 2. The zero-order valence-electron chi connectivity index (χ0n) is 65.1. The van der Waals surface area contributed by atoms with E-state index in [9.17, 15) is 0 Å². The minimum absolute atomic E-state index is 0.274. The van der Waals surface area contributed by atoms with Crippen LogP contribution in [0.5, 0.6) is 0 Å². The highest BCUT2D eigenvalue weighted by Crippen LogP contribution is 2.47. The van der Waals surface area contributed by atoms with Crippen LogP contribution in [0.4, 0.5) is 11.4 Å². The number of hydrogen-bond acceptors (Lipinski definition) is 14. The predicted molar refractivity (Wildman–Crippen MR) is 441 cm³/mol. The Morgan fingerprint density at radius 2 is 0.468 bits per heavy atom. The first-order valence-electron chi connectivity index (χ1n) is 39.0. The Balaban J connectivity index is 1.19. The van der Waals surface area contributed by atoms with Gasteiger partial charge in [0.1, 0.15) is 23.8 Å². The molecule has 0 radical (unpaired) electrons. The summed E-state index contributed by atoms with van der Waals surface area (Å²) in [6.45, 7) is 11.7. The minimum atomic E-state index is -0.274. The molecule has 0 aliphatic rings. The molecule has 16 nitrogen and oxygen atoms in total. The fourth-order valence-corrected chi connectivity index (χ4v) is 14.5. The van der Waals surface area contributed by atoms with E-state index in [1.165, 1.54) is 0 Å². The van der Waals surface area contributed by atoms with Crippen LogP contribution in [0.1, 0.15) is 90.4 Å². The van der Waals surface area contributed by atoms with Crippen molar-refractivity contribution in [1.29, 1.82) is 0 Å². The molecule has 0 aliphatic carbocycles. The van der Waals surface area contributed by atoms with Crippen LogP contribution in [-0.2, 0) is 56.8 Å². The van der Waals surface area contributed by atoms with E-state index in [0.29, 0.717) is 158 Å². The van der Waals surface area contributed by atoms with Gasteiger partial charge in [-0.25, -0.2) is 9.13 Å². The SMILES string of the molecule is COCCOCCOCCN(CCOCCOCCOC)c1cc(C(c2ccccc2)c2ccccc2)c(-n2cc[n+](-c3c(C(c4ccccc4)c4ccccc4)cc(N(CCOCCOCCOC)CCOCCOCCOC)cc3C(c3ccccc3)c3ccccc3)c2)c(C(c2ccccc2)c2ccccc2)c1. The van der Waals surface area contributed by atoms with Crippen LogP contribution >= 0.6 is 0 Å². The van der Waals surface area contributed by atoms with Gasteiger partial charge in [-0.05, 0) is 68.8 Å². The normalized spacial score (nSPS) is 11.6. The maximum Gasteiger partial charge on any atom is 0.254 e. The zero-order valence-corrected chi connectivity index (χ0v) is 65.1. The summed E-state index contributed by atoms with van der Waals surface area (Å²) in [4.78, 5) is 4.87. The number of benzene rings is 10. The Hall–Kier alpha value is -9.47. The molecule has 0 N–H and O–H groups in total. The van der Waals surface area contributed by atoms with Crippen LogP contribution in [0, 0.1) is 0 Å². The highest BCUT2D eigenvalue weighted by atomic mass is 16.6. The Bertz CT molecular complexity index is 3640. The molecule has 11 aromatic rings. The summed E-state index contributed by atoms with van der Waals surface area (Å²) in [5, 5.41) is 0. The largest absolute Gasteiger partial charge is 0.382 e. The van der Waals surface area contributed by atoms with Crippen molar-refractivity contribution in [2.24, 2.45) is 0 Å². The van der Waals surface area contributed by atoms with Gasteiger partial charge in [0, 0.05) is 112 Å². The summed E-state index contributed by atoms with van der Waals surface area (Å²) in [7, 11) is 6.74. The van der Waals surface area contributed by atoms with Crippen molar-refractivity contribution in [3.05, 3.63) is 352 Å². The molecule has 1 aromatic heterocycles. The number of imidazole rings is 1. The van der Waals surface area contributed by atoms with Crippen molar-refractivity contribution in [3.8, 4) is 11.4 Å². The molecule has 0 aliphatic heterocycles. The number of methoxy groups -OCH3 is 4. The lowest BCUT2D eigenvalue weighted by Gasteiger charge is -2.31. The van der Waals surface area contributed by atoms with Crippen molar-refractivity contribution >= 4 is 11.4 Å². The van der Waals surface area contributed by atoms with Gasteiger partial charge in [0.05, 0.1) is 132 Å². The summed E-state index contributed by atoms with van der Waals surface area (Å²) < 4.78 is 75.4. The molecule has 16 heteroatoms. The van der Waals surface area contributed by atoms with Crippen molar-refractivity contribution in [1.82, 2.24) is 4.57 Å². The Morgan fingerprint density at radius 3 is 0.703 bits per heavy atom. The van der Waals surface area contributed by atoms with Crippen LogP contribution in [0.15, 0.2) is 286 Å². The third-order valence-electron chi connectivity index (χ3n) is 19.7. The first-order valence-corrected chi connectivity index (χ1v) is 39.0. The lowest BCUT2D eigenvalue weighted by Crippen LogP contribution is -2.35. The van der Waals surface area contributed by atoms with E-state index in [1.54, 1.807) is 28.4 Å². The van der Waals surface area contributed by atoms with Crippen molar-refractivity contribution in [3.63, 3.8) is 0 Å². The van der Waals surface area contributed by atoms with Crippen LogP contribution in [0.3, 0.4) is 0 Å². The van der Waals surface area contributed by atoms with Gasteiger partial charge in [-0.1, -0.05) is 243 Å². The standard InChI is InChI=1S/C95H111N4O12/c1-100-55-59-108-67-63-104-51-47-96(48-52-105-64-68-109-60-56-101-2)84-71-86(90(76-29-13-5-14-30-76)77-31-15-6-16-32-77)94(87(72-84)91(78-33-17-7-18-34-78)79-35-19-8-20-36-79)98-45-46-99(75-98)95-88(92(80-37-21-9-22-38-80)81-39-23-10-24-40-81)73-85(74-89(95)93(82-41-25-11-26-42-82)83-43-27-12-28-44-83)97(49-53-106-65-69-110-61-57-102-3)50-54-107-66-70-111-62-58-103-4/h5-46,71-75,90-93H,47-70H2,1-4H3/q+1. The molecule has 1 heterocycles. The van der Waals surface area contributed by atoms with Gasteiger partial charge in [0.25, 0.3) is 6.33 Å². The maximum atomic E-state index is 6.47. The maximum absolute atomic E-state index is 6.47.